The lowest BCUT2D eigenvalue weighted by Gasteiger charge is -2.26. The van der Waals surface area contributed by atoms with Crippen LogP contribution in [0.2, 0.25) is 0 Å². The third kappa shape index (κ3) is 4.29. The van der Waals surface area contributed by atoms with Crippen molar-refractivity contribution in [3.63, 3.8) is 0 Å². The van der Waals surface area contributed by atoms with Crippen molar-refractivity contribution in [2.75, 3.05) is 39.4 Å². The number of ether oxygens (including phenoxy) is 1. The van der Waals surface area contributed by atoms with Crippen LogP contribution in [0.25, 0.3) is 16.1 Å². The van der Waals surface area contributed by atoms with Crippen molar-refractivity contribution in [1.82, 2.24) is 29.6 Å². The molecule has 148 valence electrons. The summed E-state index contributed by atoms with van der Waals surface area (Å²) in [4.78, 5) is 28.1. The first kappa shape index (κ1) is 18.8. The van der Waals surface area contributed by atoms with Crippen molar-refractivity contribution in [1.29, 1.82) is 0 Å². The first-order valence-electron chi connectivity index (χ1n) is 9.27. The van der Waals surface area contributed by atoms with E-state index in [1.165, 1.54) is 15.5 Å². The molecule has 3 aromatic heterocycles. The van der Waals surface area contributed by atoms with Crippen LogP contribution in [0.5, 0.6) is 0 Å². The molecule has 0 unspecified atom stereocenters. The van der Waals surface area contributed by atoms with Gasteiger partial charge in [-0.15, -0.1) is 11.3 Å². The van der Waals surface area contributed by atoms with Gasteiger partial charge in [-0.2, -0.15) is 10.2 Å². The number of thiophene rings is 1. The van der Waals surface area contributed by atoms with Crippen LogP contribution in [0.4, 0.5) is 0 Å². The zero-order valence-corrected chi connectivity index (χ0v) is 16.2. The molecule has 0 radical (unpaired) electrons. The summed E-state index contributed by atoms with van der Waals surface area (Å²) in [5, 5.41) is 13.3. The van der Waals surface area contributed by atoms with E-state index in [2.05, 4.69) is 20.4 Å². The van der Waals surface area contributed by atoms with E-state index in [0.717, 1.165) is 49.8 Å². The average molecular weight is 402 g/mol. The second kappa shape index (κ2) is 8.63. The molecule has 10 heteroatoms. The number of carbonyl (C=O) groups is 1. The summed E-state index contributed by atoms with van der Waals surface area (Å²) >= 11 is 1.55. The maximum atomic E-state index is 12.6. The van der Waals surface area contributed by atoms with Gasteiger partial charge in [0.15, 0.2) is 0 Å². The summed E-state index contributed by atoms with van der Waals surface area (Å²) in [6, 6.07) is 5.61. The molecule has 4 rings (SSSR count). The minimum absolute atomic E-state index is 0.105. The topological polar surface area (TPSA) is 93.8 Å². The van der Waals surface area contributed by atoms with E-state index >= 15 is 0 Å². The number of morpholine rings is 1. The highest BCUT2D eigenvalue weighted by molar-refractivity contribution is 7.13. The highest BCUT2D eigenvalue weighted by Gasteiger charge is 2.13. The summed E-state index contributed by atoms with van der Waals surface area (Å²) in [6.07, 6.45) is 2.32. The van der Waals surface area contributed by atoms with Gasteiger partial charge in [0.05, 0.1) is 18.1 Å². The van der Waals surface area contributed by atoms with Crippen molar-refractivity contribution < 1.29 is 9.53 Å². The van der Waals surface area contributed by atoms with E-state index in [1.54, 1.807) is 17.4 Å². The lowest BCUT2D eigenvalue weighted by molar-refractivity contribution is -0.121. The molecule has 3 aromatic rings. The van der Waals surface area contributed by atoms with Gasteiger partial charge in [0.1, 0.15) is 24.1 Å². The zero-order valence-electron chi connectivity index (χ0n) is 15.4. The lowest BCUT2D eigenvalue weighted by Crippen LogP contribution is -2.39. The molecular weight excluding hydrogens is 380 g/mol. The minimum Gasteiger partial charge on any atom is -0.379 e. The molecule has 4 heterocycles. The van der Waals surface area contributed by atoms with Gasteiger partial charge in [0, 0.05) is 19.6 Å². The maximum absolute atomic E-state index is 12.6. The van der Waals surface area contributed by atoms with E-state index in [-0.39, 0.29) is 18.0 Å². The number of hydrogen-bond donors (Lipinski definition) is 1. The van der Waals surface area contributed by atoms with Gasteiger partial charge in [-0.05, 0) is 30.5 Å². The van der Waals surface area contributed by atoms with E-state index in [9.17, 15) is 9.59 Å². The molecule has 28 heavy (non-hydrogen) atoms. The quantitative estimate of drug-likeness (QED) is 0.577. The fourth-order valence-corrected chi connectivity index (χ4v) is 3.82. The molecule has 9 nitrogen and oxygen atoms in total. The molecule has 1 N–H and O–H groups in total. The van der Waals surface area contributed by atoms with E-state index in [0.29, 0.717) is 12.1 Å². The maximum Gasteiger partial charge on any atom is 0.293 e. The number of carbonyl (C=O) groups excluding carboxylic acids is 1. The van der Waals surface area contributed by atoms with Gasteiger partial charge in [-0.1, -0.05) is 6.07 Å². The molecule has 1 aliphatic rings. The fraction of sp³-hybridized carbons (Fsp3) is 0.444. The van der Waals surface area contributed by atoms with E-state index in [4.69, 9.17) is 4.74 Å². The molecule has 0 atom stereocenters. The molecule has 0 bridgehead atoms. The van der Waals surface area contributed by atoms with Crippen LogP contribution in [0.1, 0.15) is 6.42 Å². The van der Waals surface area contributed by atoms with E-state index in [1.807, 2.05) is 17.5 Å². The number of fused-ring (bicyclic) bond motifs is 1. The van der Waals surface area contributed by atoms with Crippen LogP contribution >= 0.6 is 11.3 Å². The van der Waals surface area contributed by atoms with Crippen molar-refractivity contribution in [3.8, 4) is 10.6 Å². The van der Waals surface area contributed by atoms with Gasteiger partial charge in [0.25, 0.3) is 5.56 Å². The zero-order chi connectivity index (χ0) is 19.3. The first-order valence-corrected chi connectivity index (χ1v) is 10.1. The van der Waals surface area contributed by atoms with Crippen LogP contribution in [-0.2, 0) is 16.1 Å². The Morgan fingerprint density at radius 2 is 2.18 bits per heavy atom. The molecule has 0 aliphatic carbocycles. The number of aromatic nitrogens is 4. The predicted octanol–water partition coefficient (Wildman–Crippen LogP) is 0.458. The molecule has 0 saturated carbocycles. The Bertz CT molecular complexity index is 991. The third-order valence-corrected chi connectivity index (χ3v) is 5.53. The SMILES string of the molecule is O=C(Cn1ncn2nc(-c3cccs3)cc2c1=O)NCCCN1CCOCC1. The van der Waals surface area contributed by atoms with E-state index < -0.39 is 0 Å². The number of hydrogen-bond acceptors (Lipinski definition) is 7. The number of nitrogens with one attached hydrogen (secondary N) is 1. The van der Waals surface area contributed by atoms with Crippen LogP contribution in [0, 0.1) is 0 Å². The second-order valence-corrected chi connectivity index (χ2v) is 7.54. The van der Waals surface area contributed by atoms with Crippen molar-refractivity contribution in [2.24, 2.45) is 0 Å². The summed E-state index contributed by atoms with van der Waals surface area (Å²) in [7, 11) is 0. The van der Waals surface area contributed by atoms with Crippen molar-refractivity contribution in [3.05, 3.63) is 40.3 Å². The summed E-state index contributed by atoms with van der Waals surface area (Å²) < 4.78 is 7.94. The predicted molar refractivity (Wildman–Crippen MR) is 105 cm³/mol. The standard InChI is InChI=1S/C18H22N6O3S/c25-17(19-4-2-5-22-6-8-27-9-7-22)12-23-18(26)15-11-14(16-3-1-10-28-16)21-24(15)13-20-23/h1,3,10-11,13H,2,4-9,12H2,(H,19,25). The van der Waals surface area contributed by atoms with Gasteiger partial charge in [0.2, 0.25) is 5.91 Å². The fourth-order valence-electron chi connectivity index (χ4n) is 3.14. The molecule has 0 spiro atoms. The van der Waals surface area contributed by atoms with Gasteiger partial charge in [-0.3, -0.25) is 14.5 Å². The summed E-state index contributed by atoms with van der Waals surface area (Å²) in [6.45, 7) is 4.81. The van der Waals surface area contributed by atoms with Crippen LogP contribution in [0.3, 0.4) is 0 Å². The van der Waals surface area contributed by atoms with Gasteiger partial charge < -0.3 is 10.1 Å². The minimum atomic E-state index is -0.332. The average Bonchev–Trinajstić information content (AvgIpc) is 3.38. The Morgan fingerprint density at radius 1 is 1.32 bits per heavy atom. The highest BCUT2D eigenvalue weighted by atomic mass is 32.1. The molecule has 1 aliphatic heterocycles. The summed E-state index contributed by atoms with van der Waals surface area (Å²) in [5.74, 6) is -0.223. The smallest absolute Gasteiger partial charge is 0.293 e. The number of rotatable bonds is 7. The molecule has 0 aromatic carbocycles. The molecular formula is C18H22N6O3S. The van der Waals surface area contributed by atoms with Crippen LogP contribution in [-0.4, -0.2) is 69.6 Å². The van der Waals surface area contributed by atoms with Crippen molar-refractivity contribution in [2.45, 2.75) is 13.0 Å². The third-order valence-electron chi connectivity index (χ3n) is 4.63. The van der Waals surface area contributed by atoms with Crippen LogP contribution in [0.15, 0.2) is 34.7 Å². The molecule has 1 fully saturated rings. The van der Waals surface area contributed by atoms with Gasteiger partial charge in [-0.25, -0.2) is 9.20 Å². The monoisotopic (exact) mass is 402 g/mol. The number of amides is 1. The molecule has 1 saturated heterocycles. The molecule has 1 amide bonds. The normalized spacial score (nSPS) is 15.1. The second-order valence-electron chi connectivity index (χ2n) is 6.59. The first-order chi connectivity index (χ1) is 13.7. The Labute approximate surface area is 165 Å². The lowest BCUT2D eigenvalue weighted by atomic mass is 10.3. The Hall–Kier alpha value is -2.56. The largest absolute Gasteiger partial charge is 0.379 e. The number of nitrogens with zero attached hydrogens (tertiary/aromatic N) is 5. The Morgan fingerprint density at radius 3 is 2.96 bits per heavy atom. The highest BCUT2D eigenvalue weighted by Crippen LogP contribution is 2.23. The van der Waals surface area contributed by atoms with Crippen molar-refractivity contribution >= 4 is 22.8 Å². The van der Waals surface area contributed by atoms with Gasteiger partial charge >= 0.3 is 0 Å². The Kier molecular flexibility index (Phi) is 5.79. The Balaban J connectivity index is 1.34. The summed E-state index contributed by atoms with van der Waals surface area (Å²) in [5.41, 5.74) is 0.791. The van der Waals surface area contributed by atoms with Crippen LogP contribution < -0.4 is 10.9 Å².